The second-order valence-corrected chi connectivity index (χ2v) is 5.85. The lowest BCUT2D eigenvalue weighted by atomic mass is 10.1. The van der Waals surface area contributed by atoms with E-state index in [1.54, 1.807) is 19.1 Å². The summed E-state index contributed by atoms with van der Waals surface area (Å²) in [6.07, 6.45) is 9.47. The molecule has 6 heteroatoms. The molecule has 0 saturated heterocycles. The number of benzene rings is 1. The predicted molar refractivity (Wildman–Crippen MR) is 97.6 cm³/mol. The first-order valence-electron chi connectivity index (χ1n) is 8.41. The molecule has 0 bridgehead atoms. The molecule has 2 aromatic rings. The first-order valence-corrected chi connectivity index (χ1v) is 8.41. The highest BCUT2D eigenvalue weighted by molar-refractivity contribution is 5.61. The summed E-state index contributed by atoms with van der Waals surface area (Å²) in [5, 5.41) is 9.19. The Kier molecular flexibility index (Phi) is 7.41. The Morgan fingerprint density at radius 3 is 2.62 bits per heavy atom. The van der Waals surface area contributed by atoms with Gasteiger partial charge in [0, 0.05) is 5.56 Å². The minimum atomic E-state index is -0.990. The number of hydrogen-bond donors (Lipinski definition) is 1. The zero-order valence-electron chi connectivity index (χ0n) is 14.7. The van der Waals surface area contributed by atoms with E-state index in [0.717, 1.165) is 6.42 Å². The Hall–Kier alpha value is -2.60. The number of ether oxygens (including phenoxy) is 1. The van der Waals surface area contributed by atoms with Gasteiger partial charge in [0.15, 0.2) is 23.2 Å². The second-order valence-electron chi connectivity index (χ2n) is 5.85. The van der Waals surface area contributed by atoms with Crippen LogP contribution in [0.1, 0.15) is 31.7 Å². The minimum Gasteiger partial charge on any atom is -0.486 e. The van der Waals surface area contributed by atoms with Crippen molar-refractivity contribution in [3.63, 3.8) is 0 Å². The molecule has 0 spiro atoms. The molecule has 0 amide bonds. The Morgan fingerprint density at radius 1 is 1.23 bits per heavy atom. The molecule has 0 saturated carbocycles. The fourth-order valence-corrected chi connectivity index (χ4v) is 2.29. The van der Waals surface area contributed by atoms with Crippen molar-refractivity contribution in [2.45, 2.75) is 32.3 Å². The van der Waals surface area contributed by atoms with Gasteiger partial charge in [0.1, 0.15) is 6.61 Å². The largest absolute Gasteiger partial charge is 0.486 e. The van der Waals surface area contributed by atoms with E-state index < -0.39 is 11.6 Å². The maximum Gasteiger partial charge on any atom is 0.170 e. The molecular formula is C20H22F2N2O2. The molecule has 4 nitrogen and oxygen atoms in total. The molecule has 2 rings (SSSR count). The molecule has 1 aromatic heterocycles. The van der Waals surface area contributed by atoms with E-state index in [1.807, 2.05) is 0 Å². The van der Waals surface area contributed by atoms with Crippen LogP contribution >= 0.6 is 0 Å². The molecular weight excluding hydrogens is 338 g/mol. The van der Waals surface area contributed by atoms with Gasteiger partial charge in [-0.2, -0.15) is 0 Å². The fraction of sp³-hybridized carbons (Fsp3) is 0.300. The van der Waals surface area contributed by atoms with Gasteiger partial charge in [-0.3, -0.25) is 0 Å². The number of halogens is 2. The molecule has 1 atom stereocenters. The van der Waals surface area contributed by atoms with E-state index >= 15 is 0 Å². The van der Waals surface area contributed by atoms with E-state index in [4.69, 9.17) is 4.74 Å². The van der Waals surface area contributed by atoms with E-state index in [2.05, 4.69) is 16.5 Å². The molecule has 0 aliphatic rings. The number of hydrogen-bond acceptors (Lipinski definition) is 4. The van der Waals surface area contributed by atoms with Crippen LogP contribution in [0.4, 0.5) is 8.78 Å². The van der Waals surface area contributed by atoms with E-state index in [1.165, 1.54) is 30.6 Å². The highest BCUT2D eigenvalue weighted by Gasteiger charge is 2.15. The topological polar surface area (TPSA) is 55.2 Å². The van der Waals surface area contributed by atoms with Crippen LogP contribution in [0.3, 0.4) is 0 Å². The van der Waals surface area contributed by atoms with Gasteiger partial charge in [0.25, 0.3) is 0 Å². The van der Waals surface area contributed by atoms with Crippen molar-refractivity contribution < 1.29 is 18.6 Å². The third-order valence-corrected chi connectivity index (χ3v) is 3.64. The SMILES string of the molecule is C=CCOc1cnc(-c2ccc(/C=C/CCCC(C)O)c(F)c2F)nc1. The molecule has 1 heterocycles. The van der Waals surface area contributed by atoms with Crippen molar-refractivity contribution in [3.05, 3.63) is 60.5 Å². The Morgan fingerprint density at radius 2 is 1.96 bits per heavy atom. The lowest BCUT2D eigenvalue weighted by Crippen LogP contribution is -1.99. The third kappa shape index (κ3) is 5.46. The maximum atomic E-state index is 14.4. The number of allylic oxidation sites excluding steroid dienone is 1. The van der Waals surface area contributed by atoms with Crippen molar-refractivity contribution in [2.24, 2.45) is 0 Å². The van der Waals surface area contributed by atoms with Gasteiger partial charge in [-0.25, -0.2) is 18.7 Å². The number of unbranched alkanes of at least 4 members (excludes halogenated alkanes) is 1. The number of rotatable bonds is 9. The van der Waals surface area contributed by atoms with Crippen LogP contribution in [0.2, 0.25) is 0 Å². The minimum absolute atomic E-state index is 0.0102. The summed E-state index contributed by atoms with van der Waals surface area (Å²) in [7, 11) is 0. The summed E-state index contributed by atoms with van der Waals surface area (Å²) in [4.78, 5) is 8.04. The molecule has 138 valence electrons. The summed E-state index contributed by atoms with van der Waals surface area (Å²) in [5.41, 5.74) is 0.151. The summed E-state index contributed by atoms with van der Waals surface area (Å²) in [5.74, 6) is -1.42. The lowest BCUT2D eigenvalue weighted by Gasteiger charge is -2.07. The van der Waals surface area contributed by atoms with Crippen molar-refractivity contribution in [2.75, 3.05) is 6.61 Å². The zero-order valence-corrected chi connectivity index (χ0v) is 14.7. The summed E-state index contributed by atoms with van der Waals surface area (Å²) in [6, 6.07) is 2.94. The first kappa shape index (κ1) is 19.7. The van der Waals surface area contributed by atoms with Crippen LogP contribution in [-0.2, 0) is 0 Å². The van der Waals surface area contributed by atoms with Gasteiger partial charge >= 0.3 is 0 Å². The standard InChI is InChI=1S/C20H22F2N2O2/c1-3-11-26-16-12-23-20(24-13-16)17-10-9-15(18(21)19(17)22)8-6-4-5-7-14(2)25/h3,6,8-10,12-14,25H,1,4-5,7,11H2,2H3/b8-6+. The zero-order chi connectivity index (χ0) is 18.9. The van der Waals surface area contributed by atoms with Crippen LogP contribution in [0.15, 0.2) is 43.3 Å². The highest BCUT2D eigenvalue weighted by Crippen LogP contribution is 2.25. The normalized spacial score (nSPS) is 12.3. The van der Waals surface area contributed by atoms with Crippen LogP contribution in [0.25, 0.3) is 17.5 Å². The van der Waals surface area contributed by atoms with Gasteiger partial charge in [-0.1, -0.05) is 30.9 Å². The Bertz CT molecular complexity index is 759. The average molecular weight is 360 g/mol. The maximum absolute atomic E-state index is 14.4. The van der Waals surface area contributed by atoms with E-state index in [-0.39, 0.29) is 23.1 Å². The molecule has 0 fully saturated rings. The van der Waals surface area contributed by atoms with Crippen molar-refractivity contribution in [1.29, 1.82) is 0 Å². The predicted octanol–water partition coefficient (Wildman–Crippen LogP) is 4.55. The lowest BCUT2D eigenvalue weighted by molar-refractivity contribution is 0.182. The quantitative estimate of drug-likeness (QED) is 0.526. The van der Waals surface area contributed by atoms with E-state index in [0.29, 0.717) is 25.2 Å². The van der Waals surface area contributed by atoms with Crippen LogP contribution in [0, 0.1) is 11.6 Å². The fourth-order valence-electron chi connectivity index (χ4n) is 2.29. The molecule has 0 radical (unpaired) electrons. The Balaban J connectivity index is 2.11. The number of nitrogens with zero attached hydrogens (tertiary/aromatic N) is 2. The monoisotopic (exact) mass is 360 g/mol. The molecule has 1 aromatic carbocycles. The average Bonchev–Trinajstić information content (AvgIpc) is 2.63. The van der Waals surface area contributed by atoms with Gasteiger partial charge in [0.05, 0.1) is 24.1 Å². The van der Waals surface area contributed by atoms with Gasteiger partial charge in [0.2, 0.25) is 0 Å². The highest BCUT2D eigenvalue weighted by atomic mass is 19.2. The number of aliphatic hydroxyl groups is 1. The molecule has 1 unspecified atom stereocenters. The van der Waals surface area contributed by atoms with Gasteiger partial charge < -0.3 is 9.84 Å². The second kappa shape index (κ2) is 9.77. The molecule has 0 aliphatic carbocycles. The summed E-state index contributed by atoms with van der Waals surface area (Å²) >= 11 is 0. The van der Waals surface area contributed by atoms with Crippen molar-refractivity contribution in [1.82, 2.24) is 9.97 Å². The smallest absolute Gasteiger partial charge is 0.170 e. The Labute approximate surface area is 151 Å². The first-order chi connectivity index (χ1) is 12.5. The van der Waals surface area contributed by atoms with Crippen LogP contribution in [0.5, 0.6) is 5.75 Å². The third-order valence-electron chi connectivity index (χ3n) is 3.64. The summed E-state index contributed by atoms with van der Waals surface area (Å²) in [6.45, 7) is 5.57. The van der Waals surface area contributed by atoms with Crippen molar-refractivity contribution in [3.8, 4) is 17.1 Å². The molecule has 1 N–H and O–H groups in total. The number of aromatic nitrogens is 2. The van der Waals surface area contributed by atoms with Gasteiger partial charge in [-0.15, -0.1) is 0 Å². The van der Waals surface area contributed by atoms with Crippen LogP contribution in [-0.4, -0.2) is 27.8 Å². The van der Waals surface area contributed by atoms with E-state index in [9.17, 15) is 13.9 Å². The molecule has 0 aliphatic heterocycles. The number of aliphatic hydroxyl groups excluding tert-OH is 1. The van der Waals surface area contributed by atoms with Crippen molar-refractivity contribution >= 4 is 6.08 Å². The van der Waals surface area contributed by atoms with Gasteiger partial charge in [-0.05, 0) is 32.3 Å². The summed E-state index contributed by atoms with van der Waals surface area (Å²) < 4.78 is 33.9. The van der Waals surface area contributed by atoms with Crippen LogP contribution < -0.4 is 4.74 Å². The molecule has 26 heavy (non-hydrogen) atoms.